The van der Waals surface area contributed by atoms with E-state index in [0.717, 1.165) is 19.4 Å². The van der Waals surface area contributed by atoms with Crippen molar-refractivity contribution >= 4 is 23.5 Å². The Hall–Kier alpha value is -0.770. The number of likely N-dealkylation sites (tertiary alicyclic amines) is 1. The Kier molecular flexibility index (Phi) is 5.06. The first kappa shape index (κ1) is 13.3. The van der Waals surface area contributed by atoms with Crippen LogP contribution in [0.5, 0.6) is 0 Å². The summed E-state index contributed by atoms with van der Waals surface area (Å²) in [6.07, 6.45) is 2.22. The zero-order valence-electron chi connectivity index (χ0n) is 9.83. The Morgan fingerprint density at radius 3 is 2.75 bits per heavy atom. The lowest BCUT2D eigenvalue weighted by Crippen LogP contribution is -2.46. The molecule has 0 radical (unpaired) electrons. The summed E-state index contributed by atoms with van der Waals surface area (Å²) >= 11 is 5.43. The molecule has 1 N–H and O–H groups in total. The topological polar surface area (TPSA) is 49.4 Å². The summed E-state index contributed by atoms with van der Waals surface area (Å²) < 4.78 is 0. The number of alkyl halides is 1. The van der Waals surface area contributed by atoms with Gasteiger partial charge in [0.2, 0.25) is 5.91 Å². The third-order valence-corrected chi connectivity index (χ3v) is 3.09. The molecular formula is C11H19ClN2O2. The Morgan fingerprint density at radius 2 is 2.19 bits per heavy atom. The second-order valence-corrected chi connectivity index (χ2v) is 4.82. The van der Waals surface area contributed by atoms with Gasteiger partial charge in [-0.3, -0.25) is 10.1 Å². The van der Waals surface area contributed by atoms with Gasteiger partial charge in [0.25, 0.3) is 0 Å². The van der Waals surface area contributed by atoms with Gasteiger partial charge in [-0.15, -0.1) is 11.6 Å². The normalized spacial score (nSPS) is 20.2. The van der Waals surface area contributed by atoms with Crippen LogP contribution in [-0.2, 0) is 4.79 Å². The molecule has 4 nitrogen and oxygen atoms in total. The lowest BCUT2D eigenvalue weighted by atomic mass is 10.0. The molecule has 1 saturated heterocycles. The molecular weight excluding hydrogens is 228 g/mol. The molecule has 1 fully saturated rings. The molecule has 0 bridgehead atoms. The molecule has 0 aliphatic carbocycles. The number of nitrogens with one attached hydrogen (secondary N) is 1. The number of amides is 3. The van der Waals surface area contributed by atoms with Crippen molar-refractivity contribution < 1.29 is 9.59 Å². The molecule has 1 aliphatic heterocycles. The highest BCUT2D eigenvalue weighted by molar-refractivity contribution is 6.19. The standard InChI is InChI=1S/C11H19ClN2O2/c1-8(2)9-4-3-7-14(9)11(16)13-10(15)5-6-12/h8-9H,3-7H2,1-2H3,(H,13,15,16). The third-order valence-electron chi connectivity index (χ3n) is 2.90. The molecule has 0 aromatic heterocycles. The van der Waals surface area contributed by atoms with Crippen LogP contribution in [-0.4, -0.2) is 35.3 Å². The fourth-order valence-corrected chi connectivity index (χ4v) is 2.25. The number of nitrogens with zero attached hydrogens (tertiary/aromatic N) is 1. The van der Waals surface area contributed by atoms with Crippen molar-refractivity contribution in [3.63, 3.8) is 0 Å². The van der Waals surface area contributed by atoms with Crippen molar-refractivity contribution in [1.29, 1.82) is 0 Å². The molecule has 1 rings (SSSR count). The van der Waals surface area contributed by atoms with E-state index in [1.165, 1.54) is 0 Å². The average Bonchev–Trinajstić information content (AvgIpc) is 2.65. The Labute approximate surface area is 101 Å². The zero-order chi connectivity index (χ0) is 12.1. The molecule has 0 aromatic rings. The smallest absolute Gasteiger partial charge is 0.321 e. The van der Waals surface area contributed by atoms with E-state index < -0.39 is 0 Å². The van der Waals surface area contributed by atoms with Crippen LogP contribution in [0.1, 0.15) is 33.1 Å². The first-order valence-corrected chi connectivity index (χ1v) is 6.26. The number of urea groups is 1. The minimum absolute atomic E-state index is 0.188. The van der Waals surface area contributed by atoms with Gasteiger partial charge in [0.05, 0.1) is 0 Å². The van der Waals surface area contributed by atoms with E-state index in [0.29, 0.717) is 5.92 Å². The molecule has 0 spiro atoms. The number of halogens is 1. The van der Waals surface area contributed by atoms with Crippen LogP contribution in [0.4, 0.5) is 4.79 Å². The minimum atomic E-state index is -0.297. The molecule has 1 unspecified atom stereocenters. The number of carbonyl (C=O) groups excluding carboxylic acids is 2. The van der Waals surface area contributed by atoms with Crippen LogP contribution in [0.3, 0.4) is 0 Å². The molecule has 0 aromatic carbocycles. The van der Waals surface area contributed by atoms with E-state index in [1.54, 1.807) is 4.90 Å². The summed E-state index contributed by atoms with van der Waals surface area (Å²) in [5, 5.41) is 2.37. The van der Waals surface area contributed by atoms with Crippen molar-refractivity contribution in [2.45, 2.75) is 39.2 Å². The number of hydrogen-bond acceptors (Lipinski definition) is 2. The van der Waals surface area contributed by atoms with Crippen molar-refractivity contribution in [2.24, 2.45) is 5.92 Å². The van der Waals surface area contributed by atoms with Gasteiger partial charge in [-0.2, -0.15) is 0 Å². The predicted octanol–water partition coefficient (Wildman–Crippen LogP) is 1.97. The zero-order valence-corrected chi connectivity index (χ0v) is 10.6. The van der Waals surface area contributed by atoms with E-state index in [9.17, 15) is 9.59 Å². The fourth-order valence-electron chi connectivity index (χ4n) is 2.08. The quantitative estimate of drug-likeness (QED) is 0.774. The van der Waals surface area contributed by atoms with Gasteiger partial charge < -0.3 is 4.90 Å². The largest absolute Gasteiger partial charge is 0.324 e. The van der Waals surface area contributed by atoms with E-state index in [-0.39, 0.29) is 30.3 Å². The molecule has 1 heterocycles. The van der Waals surface area contributed by atoms with Crippen molar-refractivity contribution in [3.05, 3.63) is 0 Å². The molecule has 16 heavy (non-hydrogen) atoms. The lowest BCUT2D eigenvalue weighted by molar-refractivity contribution is -0.119. The first-order valence-electron chi connectivity index (χ1n) is 5.72. The van der Waals surface area contributed by atoms with Crippen molar-refractivity contribution in [3.8, 4) is 0 Å². The SMILES string of the molecule is CC(C)C1CCCN1C(=O)NC(=O)CCCl. The van der Waals surface area contributed by atoms with Gasteiger partial charge >= 0.3 is 6.03 Å². The molecule has 3 amide bonds. The van der Waals surface area contributed by atoms with Crippen LogP contribution in [0.2, 0.25) is 0 Å². The highest BCUT2D eigenvalue weighted by atomic mass is 35.5. The monoisotopic (exact) mass is 246 g/mol. The number of hydrogen-bond donors (Lipinski definition) is 1. The van der Waals surface area contributed by atoms with Gasteiger partial charge in [0.15, 0.2) is 0 Å². The third kappa shape index (κ3) is 3.37. The maximum absolute atomic E-state index is 11.8. The molecule has 1 atom stereocenters. The maximum atomic E-state index is 11.8. The van der Waals surface area contributed by atoms with E-state index in [1.807, 2.05) is 0 Å². The predicted molar refractivity (Wildman–Crippen MR) is 63.4 cm³/mol. The highest BCUT2D eigenvalue weighted by Gasteiger charge is 2.31. The Morgan fingerprint density at radius 1 is 1.50 bits per heavy atom. The van der Waals surface area contributed by atoms with Gasteiger partial charge in [-0.1, -0.05) is 13.8 Å². The summed E-state index contributed by atoms with van der Waals surface area (Å²) in [6.45, 7) is 4.93. The summed E-state index contributed by atoms with van der Waals surface area (Å²) in [6, 6.07) is -0.0184. The van der Waals surface area contributed by atoms with Gasteiger partial charge in [0, 0.05) is 24.9 Å². The van der Waals surface area contributed by atoms with Crippen molar-refractivity contribution in [1.82, 2.24) is 10.2 Å². The summed E-state index contributed by atoms with van der Waals surface area (Å²) in [4.78, 5) is 24.8. The second kappa shape index (κ2) is 6.09. The van der Waals surface area contributed by atoms with E-state index in [2.05, 4.69) is 19.2 Å². The molecule has 1 aliphatic rings. The van der Waals surface area contributed by atoms with Crippen LogP contribution in [0.15, 0.2) is 0 Å². The number of rotatable bonds is 3. The second-order valence-electron chi connectivity index (χ2n) is 4.44. The van der Waals surface area contributed by atoms with Crippen LogP contribution in [0.25, 0.3) is 0 Å². The van der Waals surface area contributed by atoms with Gasteiger partial charge in [-0.05, 0) is 18.8 Å². The van der Waals surface area contributed by atoms with Gasteiger partial charge in [0.1, 0.15) is 0 Å². The summed E-state index contributed by atoms with van der Waals surface area (Å²) in [5.74, 6) is 0.373. The van der Waals surface area contributed by atoms with E-state index in [4.69, 9.17) is 11.6 Å². The van der Waals surface area contributed by atoms with Crippen LogP contribution < -0.4 is 5.32 Å². The highest BCUT2D eigenvalue weighted by Crippen LogP contribution is 2.23. The number of carbonyl (C=O) groups is 2. The van der Waals surface area contributed by atoms with Crippen LogP contribution in [0, 0.1) is 5.92 Å². The summed E-state index contributed by atoms with van der Waals surface area (Å²) in [5.41, 5.74) is 0. The molecule has 0 saturated carbocycles. The fraction of sp³-hybridized carbons (Fsp3) is 0.818. The lowest BCUT2D eigenvalue weighted by Gasteiger charge is -2.27. The Balaban J connectivity index is 2.50. The number of imide groups is 1. The Bertz CT molecular complexity index is 269. The first-order chi connectivity index (χ1) is 7.56. The molecule has 5 heteroatoms. The van der Waals surface area contributed by atoms with Crippen LogP contribution >= 0.6 is 11.6 Å². The average molecular weight is 247 g/mol. The minimum Gasteiger partial charge on any atom is -0.321 e. The van der Waals surface area contributed by atoms with Gasteiger partial charge in [-0.25, -0.2) is 4.79 Å². The molecule has 92 valence electrons. The maximum Gasteiger partial charge on any atom is 0.324 e. The van der Waals surface area contributed by atoms with E-state index >= 15 is 0 Å². The van der Waals surface area contributed by atoms with Crippen molar-refractivity contribution in [2.75, 3.05) is 12.4 Å². The summed E-state index contributed by atoms with van der Waals surface area (Å²) in [7, 11) is 0.